The van der Waals surface area contributed by atoms with Crippen molar-refractivity contribution in [1.82, 2.24) is 15.1 Å². The Balaban J connectivity index is 1.50. The topological polar surface area (TPSA) is 82.5 Å². The molecule has 0 aliphatic carbocycles. The molecule has 144 valence electrons. The molecule has 1 amide bonds. The Morgan fingerprint density at radius 2 is 1.96 bits per heavy atom. The summed E-state index contributed by atoms with van der Waals surface area (Å²) in [7, 11) is 1.53. The van der Waals surface area contributed by atoms with Gasteiger partial charge in [-0.05, 0) is 30.2 Å². The molecule has 0 bridgehead atoms. The summed E-state index contributed by atoms with van der Waals surface area (Å²) in [6, 6.07) is 10.6. The molecule has 1 aliphatic rings. The van der Waals surface area contributed by atoms with Crippen molar-refractivity contribution in [2.45, 2.75) is 6.42 Å². The van der Waals surface area contributed by atoms with E-state index in [4.69, 9.17) is 21.1 Å². The maximum atomic E-state index is 12.7. The SMILES string of the molecule is Cn1nc(C(=O)NCCc2cc(Cl)c3c(c2)OCCO3)c2ccccc2c1=O. The number of rotatable bonds is 4. The van der Waals surface area contributed by atoms with Crippen molar-refractivity contribution in [2.24, 2.45) is 7.05 Å². The minimum absolute atomic E-state index is 0.220. The van der Waals surface area contributed by atoms with Crippen LogP contribution < -0.4 is 20.3 Å². The predicted octanol–water partition coefficient (Wildman–Crippen LogP) is 2.33. The number of hydrogen-bond donors (Lipinski definition) is 1. The molecule has 28 heavy (non-hydrogen) atoms. The van der Waals surface area contributed by atoms with Crippen LogP contribution in [-0.2, 0) is 13.5 Å². The number of halogens is 1. The third-order valence-corrected chi connectivity index (χ3v) is 4.81. The highest BCUT2D eigenvalue weighted by atomic mass is 35.5. The molecule has 2 heterocycles. The van der Waals surface area contributed by atoms with Crippen LogP contribution in [0.2, 0.25) is 5.02 Å². The van der Waals surface area contributed by atoms with Crippen molar-refractivity contribution in [3.63, 3.8) is 0 Å². The maximum absolute atomic E-state index is 12.7. The van der Waals surface area contributed by atoms with Crippen LogP contribution in [0.15, 0.2) is 41.2 Å². The number of benzene rings is 2. The summed E-state index contributed by atoms with van der Waals surface area (Å²) >= 11 is 6.25. The molecule has 7 nitrogen and oxygen atoms in total. The van der Waals surface area contributed by atoms with E-state index in [2.05, 4.69) is 10.4 Å². The predicted molar refractivity (Wildman–Crippen MR) is 105 cm³/mol. The number of hydrogen-bond acceptors (Lipinski definition) is 5. The second kappa shape index (κ2) is 7.52. The molecule has 0 spiro atoms. The van der Waals surface area contributed by atoms with Gasteiger partial charge in [0.2, 0.25) is 0 Å². The Bertz CT molecular complexity index is 1130. The van der Waals surface area contributed by atoms with Gasteiger partial charge in [0.05, 0.1) is 10.4 Å². The van der Waals surface area contributed by atoms with Gasteiger partial charge in [-0.25, -0.2) is 4.68 Å². The molecule has 0 saturated heterocycles. The molecular weight excluding hydrogens is 382 g/mol. The summed E-state index contributed by atoms with van der Waals surface area (Å²) in [4.78, 5) is 24.8. The highest BCUT2D eigenvalue weighted by Gasteiger charge is 2.18. The Morgan fingerprint density at radius 3 is 2.79 bits per heavy atom. The van der Waals surface area contributed by atoms with Crippen molar-refractivity contribution >= 4 is 28.3 Å². The van der Waals surface area contributed by atoms with Crippen molar-refractivity contribution in [1.29, 1.82) is 0 Å². The quantitative estimate of drug-likeness (QED) is 0.728. The van der Waals surface area contributed by atoms with Crippen LogP contribution in [0.1, 0.15) is 16.1 Å². The van der Waals surface area contributed by atoms with Crippen molar-refractivity contribution in [3.8, 4) is 11.5 Å². The van der Waals surface area contributed by atoms with Gasteiger partial charge in [0.15, 0.2) is 17.2 Å². The van der Waals surface area contributed by atoms with Gasteiger partial charge >= 0.3 is 0 Å². The molecule has 3 aromatic rings. The molecular formula is C20H18ClN3O4. The van der Waals surface area contributed by atoms with E-state index in [1.165, 1.54) is 11.7 Å². The third-order valence-electron chi connectivity index (χ3n) is 4.53. The second-order valence-electron chi connectivity index (χ2n) is 6.43. The van der Waals surface area contributed by atoms with Crippen LogP contribution in [0, 0.1) is 0 Å². The Kier molecular flexibility index (Phi) is 4.92. The highest BCUT2D eigenvalue weighted by molar-refractivity contribution is 6.32. The van der Waals surface area contributed by atoms with E-state index in [0.29, 0.717) is 53.5 Å². The van der Waals surface area contributed by atoms with Gasteiger partial charge in [0, 0.05) is 19.0 Å². The van der Waals surface area contributed by atoms with Crippen molar-refractivity contribution in [2.75, 3.05) is 19.8 Å². The van der Waals surface area contributed by atoms with Crippen LogP contribution in [0.3, 0.4) is 0 Å². The fourth-order valence-corrected chi connectivity index (χ4v) is 3.47. The summed E-state index contributed by atoms with van der Waals surface area (Å²) < 4.78 is 12.3. The first-order valence-corrected chi connectivity index (χ1v) is 9.24. The number of aromatic nitrogens is 2. The fourth-order valence-electron chi connectivity index (χ4n) is 3.18. The minimum Gasteiger partial charge on any atom is -0.486 e. The first-order chi connectivity index (χ1) is 13.5. The summed E-state index contributed by atoms with van der Waals surface area (Å²) in [5.41, 5.74) is 0.906. The molecule has 4 rings (SSSR count). The molecule has 1 N–H and O–H groups in total. The second-order valence-corrected chi connectivity index (χ2v) is 6.84. The zero-order valence-electron chi connectivity index (χ0n) is 15.2. The molecule has 0 saturated carbocycles. The first kappa shape index (κ1) is 18.3. The smallest absolute Gasteiger partial charge is 0.274 e. The van der Waals surface area contributed by atoms with Crippen LogP contribution >= 0.6 is 11.6 Å². The average Bonchev–Trinajstić information content (AvgIpc) is 2.71. The average molecular weight is 400 g/mol. The van der Waals surface area contributed by atoms with E-state index in [9.17, 15) is 9.59 Å². The number of nitrogens with one attached hydrogen (secondary N) is 1. The van der Waals surface area contributed by atoms with E-state index in [1.807, 2.05) is 6.07 Å². The standard InChI is InChI=1S/C20H18ClN3O4/c1-24-20(26)14-5-3-2-4-13(14)17(23-24)19(25)22-7-6-12-10-15(21)18-16(11-12)27-8-9-28-18/h2-5,10-11H,6-9H2,1H3,(H,22,25). The molecule has 1 aliphatic heterocycles. The molecule has 2 aromatic carbocycles. The van der Waals surface area contributed by atoms with Crippen molar-refractivity contribution < 1.29 is 14.3 Å². The lowest BCUT2D eigenvalue weighted by Crippen LogP contribution is -2.30. The van der Waals surface area contributed by atoms with Crippen molar-refractivity contribution in [3.05, 3.63) is 63.0 Å². The van der Waals surface area contributed by atoms with Crippen LogP contribution in [0.25, 0.3) is 10.8 Å². The summed E-state index contributed by atoms with van der Waals surface area (Å²) in [5, 5.41) is 8.47. The zero-order chi connectivity index (χ0) is 19.7. The molecule has 0 fully saturated rings. The van der Waals surface area contributed by atoms with Gasteiger partial charge in [0.25, 0.3) is 11.5 Å². The lowest BCUT2D eigenvalue weighted by atomic mass is 10.1. The van der Waals surface area contributed by atoms with Gasteiger partial charge in [0.1, 0.15) is 13.2 Å². The fraction of sp³-hybridized carbons (Fsp3) is 0.250. The third kappa shape index (κ3) is 3.41. The lowest BCUT2D eigenvalue weighted by Gasteiger charge is -2.20. The number of nitrogens with zero attached hydrogens (tertiary/aromatic N) is 2. The Hall–Kier alpha value is -3.06. The normalized spacial score (nSPS) is 12.8. The highest BCUT2D eigenvalue weighted by Crippen LogP contribution is 2.38. The molecule has 1 aromatic heterocycles. The lowest BCUT2D eigenvalue weighted by molar-refractivity contribution is 0.0949. The van der Waals surface area contributed by atoms with Crippen LogP contribution in [0.4, 0.5) is 0 Å². The number of carbonyl (C=O) groups is 1. The summed E-state index contributed by atoms with van der Waals surface area (Å²) in [6.45, 7) is 1.34. The largest absolute Gasteiger partial charge is 0.486 e. The molecule has 8 heteroatoms. The van der Waals surface area contributed by atoms with Crippen LogP contribution in [0.5, 0.6) is 11.5 Å². The number of amides is 1. The molecule has 0 radical (unpaired) electrons. The zero-order valence-corrected chi connectivity index (χ0v) is 16.0. The van der Waals surface area contributed by atoms with E-state index >= 15 is 0 Å². The van der Waals surface area contributed by atoms with Gasteiger partial charge in [-0.1, -0.05) is 29.8 Å². The number of carbonyl (C=O) groups excluding carboxylic acids is 1. The van der Waals surface area contributed by atoms with Gasteiger partial charge in [-0.2, -0.15) is 5.10 Å². The monoisotopic (exact) mass is 399 g/mol. The molecule has 0 atom stereocenters. The number of aryl methyl sites for hydroxylation is 1. The van der Waals surface area contributed by atoms with E-state index in [0.717, 1.165) is 5.56 Å². The van der Waals surface area contributed by atoms with E-state index in [-0.39, 0.29) is 17.2 Å². The van der Waals surface area contributed by atoms with Crippen LogP contribution in [-0.4, -0.2) is 35.4 Å². The Morgan fingerprint density at radius 1 is 1.21 bits per heavy atom. The summed E-state index contributed by atoms with van der Waals surface area (Å²) in [5.74, 6) is 0.836. The number of fused-ring (bicyclic) bond motifs is 2. The van der Waals surface area contributed by atoms with Gasteiger partial charge in [-0.3, -0.25) is 9.59 Å². The van der Waals surface area contributed by atoms with Gasteiger partial charge in [-0.15, -0.1) is 0 Å². The van der Waals surface area contributed by atoms with Gasteiger partial charge < -0.3 is 14.8 Å². The minimum atomic E-state index is -0.338. The van der Waals surface area contributed by atoms with E-state index in [1.54, 1.807) is 30.3 Å². The summed E-state index contributed by atoms with van der Waals surface area (Å²) in [6.07, 6.45) is 0.561. The molecule has 0 unspecified atom stereocenters. The Labute approximate surface area is 165 Å². The number of ether oxygens (including phenoxy) is 2. The first-order valence-electron chi connectivity index (χ1n) is 8.87. The maximum Gasteiger partial charge on any atom is 0.274 e. The van der Waals surface area contributed by atoms with E-state index < -0.39 is 0 Å².